The largest absolute Gasteiger partial charge is 1.00 e. The molecule has 0 radical (unpaired) electrons. The normalized spacial score (nSPS) is 20.2. The van der Waals surface area contributed by atoms with Crippen molar-refractivity contribution in [2.45, 2.75) is 47.2 Å². The van der Waals surface area contributed by atoms with Crippen LogP contribution in [0.5, 0.6) is 0 Å². The zero-order valence-corrected chi connectivity index (χ0v) is 19.4. The molecular formula is C16H24Cl2HfSi. The number of allylic oxidation sites excluding steroid dienone is 8. The Morgan fingerprint density at radius 1 is 1.10 bits per heavy atom. The fourth-order valence-corrected chi connectivity index (χ4v) is 29.7. The Hall–Kier alpha value is 0.627. The van der Waals surface area contributed by atoms with Gasteiger partial charge in [0.25, 0.3) is 0 Å². The van der Waals surface area contributed by atoms with Crippen LogP contribution < -0.4 is 24.8 Å². The molecule has 0 aliphatic heterocycles. The van der Waals surface area contributed by atoms with Crippen molar-refractivity contribution in [2.75, 3.05) is 0 Å². The van der Waals surface area contributed by atoms with Crippen LogP contribution in [-0.4, -0.2) is 5.49 Å². The van der Waals surface area contributed by atoms with Gasteiger partial charge in [-0.25, -0.2) is 0 Å². The SMILES string of the molecule is CC1=CC(C)[C]([Hf+2]([C]2=C(C)C=C(C)C2)=[Si](C)C)=C1.[Cl-].[Cl-]. The molecule has 0 saturated carbocycles. The average Bonchev–Trinajstić information content (AvgIpc) is 2.71. The van der Waals surface area contributed by atoms with Crippen molar-refractivity contribution in [3.05, 3.63) is 41.6 Å². The van der Waals surface area contributed by atoms with Gasteiger partial charge < -0.3 is 24.8 Å². The Bertz CT molecular complexity index is 547. The maximum atomic E-state index is 2.56. The summed E-state index contributed by atoms with van der Waals surface area (Å²) in [4.78, 5) is 0. The topological polar surface area (TPSA) is 0 Å². The fraction of sp³-hybridized carbons (Fsp3) is 0.500. The molecule has 1 atom stereocenters. The number of hydrogen-bond acceptors (Lipinski definition) is 0. The van der Waals surface area contributed by atoms with Crippen LogP contribution in [0, 0.1) is 5.92 Å². The van der Waals surface area contributed by atoms with Gasteiger partial charge in [0, 0.05) is 0 Å². The van der Waals surface area contributed by atoms with Crippen LogP contribution in [0.3, 0.4) is 0 Å². The van der Waals surface area contributed by atoms with Crippen molar-refractivity contribution in [3.8, 4) is 0 Å². The van der Waals surface area contributed by atoms with E-state index in [1.54, 1.807) is 11.1 Å². The fourth-order valence-electron chi connectivity index (χ4n) is 3.19. The average molecular weight is 494 g/mol. The van der Waals surface area contributed by atoms with Gasteiger partial charge in [-0.15, -0.1) is 0 Å². The molecule has 1 unspecified atom stereocenters. The van der Waals surface area contributed by atoms with Crippen molar-refractivity contribution < 1.29 is 44.9 Å². The quantitative estimate of drug-likeness (QED) is 0.432. The first-order chi connectivity index (χ1) is 8.40. The third-order valence-corrected chi connectivity index (χ3v) is 28.9. The predicted molar refractivity (Wildman–Crippen MR) is 79.6 cm³/mol. The molecule has 0 bridgehead atoms. The van der Waals surface area contributed by atoms with Crippen LogP contribution in [0.2, 0.25) is 13.1 Å². The second-order valence-electron chi connectivity index (χ2n) is 6.00. The maximum Gasteiger partial charge on any atom is -1.00 e. The first-order valence-corrected chi connectivity index (χ1v) is 18.3. The van der Waals surface area contributed by atoms with Gasteiger partial charge in [-0.1, -0.05) is 0 Å². The van der Waals surface area contributed by atoms with Gasteiger partial charge in [-0.05, 0) is 0 Å². The summed E-state index contributed by atoms with van der Waals surface area (Å²) < 4.78 is 3.80. The van der Waals surface area contributed by atoms with E-state index in [1.807, 2.05) is 6.66 Å². The van der Waals surface area contributed by atoms with Gasteiger partial charge in [0.05, 0.1) is 0 Å². The van der Waals surface area contributed by atoms with Crippen LogP contribution in [0.25, 0.3) is 0 Å². The van der Waals surface area contributed by atoms with Crippen molar-refractivity contribution in [1.82, 2.24) is 0 Å². The van der Waals surface area contributed by atoms with Crippen LogP contribution in [-0.2, 0) is 20.1 Å². The predicted octanol–water partition coefficient (Wildman–Crippen LogP) is -1.03. The molecule has 110 valence electrons. The van der Waals surface area contributed by atoms with Gasteiger partial charge in [-0.3, -0.25) is 0 Å². The van der Waals surface area contributed by atoms with E-state index in [1.165, 1.54) is 12.0 Å². The van der Waals surface area contributed by atoms with Gasteiger partial charge in [0.15, 0.2) is 0 Å². The Labute approximate surface area is 144 Å². The van der Waals surface area contributed by atoms with Gasteiger partial charge in [0.2, 0.25) is 0 Å². The second kappa shape index (κ2) is 8.31. The van der Waals surface area contributed by atoms with Crippen LogP contribution in [0.15, 0.2) is 41.6 Å². The molecule has 0 amide bonds. The second-order valence-corrected chi connectivity index (χ2v) is 29.8. The first kappa shape index (κ1) is 20.6. The summed E-state index contributed by atoms with van der Waals surface area (Å²) in [7, 11) is 0. The molecule has 4 heteroatoms. The summed E-state index contributed by atoms with van der Waals surface area (Å²) in [5.74, 6) is 0.730. The third-order valence-electron chi connectivity index (χ3n) is 3.87. The molecule has 0 nitrogen and oxygen atoms in total. The van der Waals surface area contributed by atoms with Crippen molar-refractivity contribution >= 4 is 5.49 Å². The minimum Gasteiger partial charge on any atom is -1.00 e. The summed E-state index contributed by atoms with van der Waals surface area (Å²) in [5.41, 5.74) is 4.58. The molecule has 0 heterocycles. The monoisotopic (exact) mass is 494 g/mol. The molecule has 0 saturated heterocycles. The standard InChI is InChI=1S/2C7H9.C2H6Si.2ClH.Hf/c2*1-6-3-4-7(2)5-6;1-3-2;;;/h5H,3H2,1-2H3;3,5,7H,1-2H3;1-2H3;2*1H;/q;;;;;+2/p-2. The Balaban J connectivity index is 0.00000180. The first-order valence-electron chi connectivity index (χ1n) is 6.85. The molecular weight excluding hydrogens is 470 g/mol. The third kappa shape index (κ3) is 4.31. The summed E-state index contributed by atoms with van der Waals surface area (Å²) in [5, 5.41) is 0. The van der Waals surface area contributed by atoms with Crippen molar-refractivity contribution in [2.24, 2.45) is 5.92 Å². The van der Waals surface area contributed by atoms with E-state index >= 15 is 0 Å². The molecule has 20 heavy (non-hydrogen) atoms. The van der Waals surface area contributed by atoms with Crippen molar-refractivity contribution in [1.29, 1.82) is 0 Å². The van der Waals surface area contributed by atoms with E-state index in [4.69, 9.17) is 0 Å². The minimum atomic E-state index is -1.72. The van der Waals surface area contributed by atoms with E-state index in [0.29, 0.717) is 0 Å². The Morgan fingerprint density at radius 2 is 1.70 bits per heavy atom. The van der Waals surface area contributed by atoms with E-state index in [-0.39, 0.29) is 30.3 Å². The zero-order valence-electron chi connectivity index (χ0n) is 13.3. The molecule has 0 aromatic rings. The summed E-state index contributed by atoms with van der Waals surface area (Å²) >= 11 is -1.72. The molecule has 0 aromatic heterocycles. The Kier molecular flexibility index (Phi) is 8.57. The molecule has 2 rings (SSSR count). The molecule has 0 N–H and O–H groups in total. The van der Waals surface area contributed by atoms with E-state index in [9.17, 15) is 0 Å². The smallest absolute Gasteiger partial charge is 1.00 e. The molecule has 2 aliphatic rings. The Morgan fingerprint density at radius 3 is 2.05 bits per heavy atom. The van der Waals surface area contributed by atoms with Gasteiger partial charge in [0.1, 0.15) is 0 Å². The number of hydrogen-bond donors (Lipinski definition) is 0. The summed E-state index contributed by atoms with van der Waals surface area (Å²) in [6.45, 7) is 14.4. The summed E-state index contributed by atoms with van der Waals surface area (Å²) in [6, 6.07) is 0. The van der Waals surface area contributed by atoms with Crippen LogP contribution in [0.4, 0.5) is 0 Å². The number of rotatable bonds is 2. The molecule has 0 spiro atoms. The maximum absolute atomic E-state index is 2.56. The van der Waals surface area contributed by atoms with Crippen LogP contribution >= 0.6 is 0 Å². The number of halogens is 2. The molecule has 2 aliphatic carbocycles. The van der Waals surface area contributed by atoms with E-state index in [0.717, 1.165) is 5.92 Å². The molecule has 0 fully saturated rings. The summed E-state index contributed by atoms with van der Waals surface area (Å²) in [6.07, 6.45) is 8.74. The van der Waals surface area contributed by atoms with Gasteiger partial charge in [-0.2, -0.15) is 0 Å². The zero-order chi connectivity index (χ0) is 13.4. The minimum absolute atomic E-state index is 0. The van der Waals surface area contributed by atoms with Gasteiger partial charge >= 0.3 is 120 Å². The molecule has 0 aromatic carbocycles. The van der Waals surface area contributed by atoms with Crippen molar-refractivity contribution in [3.63, 3.8) is 0 Å². The van der Waals surface area contributed by atoms with Crippen LogP contribution in [0.1, 0.15) is 34.1 Å². The van der Waals surface area contributed by atoms with E-state index < -0.39 is 20.1 Å². The van der Waals surface area contributed by atoms with E-state index in [2.05, 4.69) is 59.0 Å².